The lowest BCUT2D eigenvalue weighted by Gasteiger charge is -2.20. The number of anilines is 1. The molecule has 20 heavy (non-hydrogen) atoms. The van der Waals surface area contributed by atoms with Crippen LogP contribution in [0.25, 0.3) is 0 Å². The summed E-state index contributed by atoms with van der Waals surface area (Å²) in [5, 5.41) is 5.29. The second-order valence-electron chi connectivity index (χ2n) is 4.85. The van der Waals surface area contributed by atoms with Crippen molar-refractivity contribution in [2.75, 3.05) is 5.32 Å². The van der Waals surface area contributed by atoms with Gasteiger partial charge in [0.25, 0.3) is 0 Å². The highest BCUT2D eigenvalue weighted by Crippen LogP contribution is 2.11. The molecule has 0 fully saturated rings. The molecule has 1 atom stereocenters. The maximum absolute atomic E-state index is 12.1. The summed E-state index contributed by atoms with van der Waals surface area (Å²) in [7, 11) is 0. The molecule has 108 valence electrons. The van der Waals surface area contributed by atoms with Gasteiger partial charge in [0, 0.05) is 18.2 Å². The number of carbonyl (C=O) groups is 3. The number of hydrogen-bond acceptors (Lipinski definition) is 3. The van der Waals surface area contributed by atoms with Crippen molar-refractivity contribution in [3.63, 3.8) is 0 Å². The van der Waals surface area contributed by atoms with Gasteiger partial charge in [0.05, 0.1) is 0 Å². The zero-order valence-electron chi connectivity index (χ0n) is 11.8. The fourth-order valence-corrected chi connectivity index (χ4v) is 1.69. The van der Waals surface area contributed by atoms with Crippen LogP contribution >= 0.6 is 0 Å². The van der Waals surface area contributed by atoms with Crippen molar-refractivity contribution < 1.29 is 14.4 Å². The molecular formula is C14H19N3O3. The number of benzene rings is 1. The van der Waals surface area contributed by atoms with Crippen LogP contribution in [0.2, 0.25) is 0 Å². The van der Waals surface area contributed by atoms with Gasteiger partial charge in [-0.3, -0.25) is 14.4 Å². The van der Waals surface area contributed by atoms with Crippen LogP contribution in [-0.2, 0) is 9.59 Å². The van der Waals surface area contributed by atoms with E-state index in [1.807, 2.05) is 13.8 Å². The van der Waals surface area contributed by atoms with E-state index in [1.54, 1.807) is 12.1 Å². The molecule has 1 aromatic rings. The third-order valence-electron chi connectivity index (χ3n) is 2.74. The number of hydrogen-bond donors (Lipinski definition) is 3. The van der Waals surface area contributed by atoms with Gasteiger partial charge >= 0.3 is 0 Å². The van der Waals surface area contributed by atoms with Crippen molar-refractivity contribution in [2.24, 2.45) is 11.7 Å². The minimum Gasteiger partial charge on any atom is -0.366 e. The Labute approximate surface area is 117 Å². The standard InChI is InChI=1S/C14H19N3O3/c1-8(2)12(16-9(3)18)14(20)17-11-6-4-10(5-7-11)13(15)19/h4-8,12H,1-3H3,(H2,15,19)(H,16,18)(H,17,20). The van der Waals surface area contributed by atoms with Crippen molar-refractivity contribution in [1.29, 1.82) is 0 Å². The molecule has 0 saturated carbocycles. The van der Waals surface area contributed by atoms with Crippen LogP contribution in [0.3, 0.4) is 0 Å². The van der Waals surface area contributed by atoms with Crippen LogP contribution < -0.4 is 16.4 Å². The molecule has 0 heterocycles. The summed E-state index contributed by atoms with van der Waals surface area (Å²) < 4.78 is 0. The molecule has 0 bridgehead atoms. The third-order valence-corrected chi connectivity index (χ3v) is 2.74. The molecule has 0 spiro atoms. The van der Waals surface area contributed by atoms with E-state index < -0.39 is 11.9 Å². The van der Waals surface area contributed by atoms with E-state index >= 15 is 0 Å². The quantitative estimate of drug-likeness (QED) is 0.744. The molecule has 0 aromatic heterocycles. The Morgan fingerprint density at radius 3 is 2.05 bits per heavy atom. The number of primary amides is 1. The van der Waals surface area contributed by atoms with Gasteiger partial charge in [-0.25, -0.2) is 0 Å². The molecule has 1 rings (SSSR count). The molecular weight excluding hydrogens is 258 g/mol. The van der Waals surface area contributed by atoms with Crippen LogP contribution in [0.4, 0.5) is 5.69 Å². The molecule has 6 nitrogen and oxygen atoms in total. The van der Waals surface area contributed by atoms with E-state index in [0.717, 1.165) is 0 Å². The maximum atomic E-state index is 12.1. The Balaban J connectivity index is 2.77. The summed E-state index contributed by atoms with van der Waals surface area (Å²) in [5.74, 6) is -1.13. The van der Waals surface area contributed by atoms with E-state index in [-0.39, 0.29) is 17.7 Å². The molecule has 0 aliphatic carbocycles. The summed E-state index contributed by atoms with van der Waals surface area (Å²) >= 11 is 0. The highest BCUT2D eigenvalue weighted by atomic mass is 16.2. The topological polar surface area (TPSA) is 101 Å². The molecule has 0 saturated heterocycles. The normalized spacial score (nSPS) is 11.8. The molecule has 0 aliphatic rings. The first-order chi connectivity index (χ1) is 9.31. The average molecular weight is 277 g/mol. The lowest BCUT2D eigenvalue weighted by Crippen LogP contribution is -2.46. The Kier molecular flexibility index (Phi) is 5.25. The Morgan fingerprint density at radius 2 is 1.65 bits per heavy atom. The minimum atomic E-state index is -0.608. The summed E-state index contributed by atoms with van der Waals surface area (Å²) in [5.41, 5.74) is 6.04. The first kappa shape index (κ1) is 15.7. The number of amides is 3. The number of nitrogens with one attached hydrogen (secondary N) is 2. The van der Waals surface area contributed by atoms with E-state index in [0.29, 0.717) is 11.3 Å². The third kappa shape index (κ3) is 4.38. The highest BCUT2D eigenvalue weighted by molar-refractivity contribution is 5.98. The summed E-state index contributed by atoms with van der Waals surface area (Å²) in [6, 6.07) is 5.62. The molecule has 0 aliphatic heterocycles. The van der Waals surface area contributed by atoms with Crippen LogP contribution in [0, 0.1) is 5.92 Å². The summed E-state index contributed by atoms with van der Waals surface area (Å²) in [6.45, 7) is 5.05. The van der Waals surface area contributed by atoms with E-state index in [1.165, 1.54) is 19.1 Å². The fourth-order valence-electron chi connectivity index (χ4n) is 1.69. The fraction of sp³-hybridized carbons (Fsp3) is 0.357. The van der Waals surface area contributed by atoms with Gasteiger partial charge < -0.3 is 16.4 Å². The van der Waals surface area contributed by atoms with Gasteiger partial charge in [-0.1, -0.05) is 13.8 Å². The van der Waals surface area contributed by atoms with Crippen molar-refractivity contribution in [3.8, 4) is 0 Å². The van der Waals surface area contributed by atoms with Gasteiger partial charge in [0.1, 0.15) is 6.04 Å². The summed E-state index contributed by atoms with van der Waals surface area (Å²) in [6.07, 6.45) is 0. The summed E-state index contributed by atoms with van der Waals surface area (Å²) in [4.78, 5) is 34.1. The molecule has 1 aromatic carbocycles. The van der Waals surface area contributed by atoms with Crippen LogP contribution in [0.5, 0.6) is 0 Å². The first-order valence-corrected chi connectivity index (χ1v) is 6.29. The largest absolute Gasteiger partial charge is 0.366 e. The smallest absolute Gasteiger partial charge is 0.248 e. The molecule has 1 unspecified atom stereocenters. The average Bonchev–Trinajstić information content (AvgIpc) is 2.35. The van der Waals surface area contributed by atoms with Gasteiger partial charge in [0.2, 0.25) is 17.7 Å². The first-order valence-electron chi connectivity index (χ1n) is 6.29. The number of carbonyl (C=O) groups excluding carboxylic acids is 3. The maximum Gasteiger partial charge on any atom is 0.248 e. The lowest BCUT2D eigenvalue weighted by molar-refractivity contribution is -0.126. The van der Waals surface area contributed by atoms with E-state index in [2.05, 4.69) is 10.6 Å². The molecule has 6 heteroatoms. The number of nitrogens with two attached hydrogens (primary N) is 1. The molecule has 0 radical (unpaired) electrons. The van der Waals surface area contributed by atoms with Gasteiger partial charge in [-0.2, -0.15) is 0 Å². The van der Waals surface area contributed by atoms with Crippen LogP contribution in [-0.4, -0.2) is 23.8 Å². The van der Waals surface area contributed by atoms with Crippen LogP contribution in [0.1, 0.15) is 31.1 Å². The lowest BCUT2D eigenvalue weighted by atomic mass is 10.0. The van der Waals surface area contributed by atoms with Crippen molar-refractivity contribution in [2.45, 2.75) is 26.8 Å². The van der Waals surface area contributed by atoms with Gasteiger partial charge in [-0.05, 0) is 30.2 Å². The van der Waals surface area contributed by atoms with Crippen molar-refractivity contribution in [3.05, 3.63) is 29.8 Å². The van der Waals surface area contributed by atoms with Crippen molar-refractivity contribution in [1.82, 2.24) is 5.32 Å². The van der Waals surface area contributed by atoms with Gasteiger partial charge in [0.15, 0.2) is 0 Å². The Hall–Kier alpha value is -2.37. The monoisotopic (exact) mass is 277 g/mol. The zero-order chi connectivity index (χ0) is 15.3. The van der Waals surface area contributed by atoms with E-state index in [9.17, 15) is 14.4 Å². The molecule has 3 amide bonds. The number of rotatable bonds is 5. The molecule has 4 N–H and O–H groups in total. The highest BCUT2D eigenvalue weighted by Gasteiger charge is 2.22. The predicted octanol–water partition coefficient (Wildman–Crippen LogP) is 0.885. The van der Waals surface area contributed by atoms with Crippen molar-refractivity contribution >= 4 is 23.4 Å². The minimum absolute atomic E-state index is 0.0382. The predicted molar refractivity (Wildman–Crippen MR) is 76.0 cm³/mol. The second kappa shape index (κ2) is 6.70. The SMILES string of the molecule is CC(=O)NC(C(=O)Nc1ccc(C(N)=O)cc1)C(C)C. The second-order valence-corrected chi connectivity index (χ2v) is 4.85. The van der Waals surface area contributed by atoms with E-state index in [4.69, 9.17) is 5.73 Å². The Morgan fingerprint density at radius 1 is 1.10 bits per heavy atom. The van der Waals surface area contributed by atoms with Crippen LogP contribution in [0.15, 0.2) is 24.3 Å². The van der Waals surface area contributed by atoms with Gasteiger partial charge in [-0.15, -0.1) is 0 Å². The Bertz CT molecular complexity index is 509. The zero-order valence-corrected chi connectivity index (χ0v) is 11.8.